The summed E-state index contributed by atoms with van der Waals surface area (Å²) in [4.78, 5) is 13.9. The minimum Gasteiger partial charge on any atom is -0.455 e. The molecule has 0 fully saturated rings. The molecule has 0 atom stereocenters. The number of H-pyrrole nitrogens is 1. The van der Waals surface area contributed by atoms with Crippen LogP contribution in [0.2, 0.25) is 0 Å². The molecule has 0 aliphatic rings. The largest absolute Gasteiger partial charge is 0.455 e. The van der Waals surface area contributed by atoms with Crippen LogP contribution in [0, 0.1) is 0 Å². The van der Waals surface area contributed by atoms with Crippen LogP contribution in [-0.4, -0.2) is 37.5 Å². The maximum atomic E-state index is 6.37. The Hall–Kier alpha value is -14.3. The van der Waals surface area contributed by atoms with Crippen LogP contribution < -0.4 is 0 Å². The van der Waals surface area contributed by atoms with E-state index in [0.717, 1.165) is 149 Å². The van der Waals surface area contributed by atoms with Crippen molar-refractivity contribution in [3.63, 3.8) is 0 Å². The van der Waals surface area contributed by atoms with Gasteiger partial charge in [-0.15, -0.1) is 0 Å². The number of imidazole rings is 4. The normalized spacial score (nSPS) is 11.9. The summed E-state index contributed by atoms with van der Waals surface area (Å²) in [7, 11) is 0. The highest BCUT2D eigenvalue weighted by Gasteiger charge is 2.22. The standard InChI is InChI=1S/C49H30N4O.C31H20N4.C18H11BrO/c1-2-11-34(12-3-1)52-45-18-7-8-19-46(45)53-44-28-24-33(30-41(44)50-49(52)53)32-23-27-43-40(29-32)37-13-4-6-17-42(37)51(43)35-25-21-31(22-26-35)36-15-10-16-39-38-14-5-9-20-47(38)54-48(36)39;1-2-8-22(9-3-1)34-29-12-6-7-13-30(29)35-28-17-15-21(19-27(28)33-31(34)35)20-14-16-26-24(18-20)23-10-4-5-11-25(23)32-26;19-13-10-8-12(9-11-13)14-5-3-6-16-15-4-1-2-7-17(15)20-18(14)16/h1-30H;1-19,32H;1-11H. The summed E-state index contributed by atoms with van der Waals surface area (Å²) in [5, 5.41) is 9.56. The van der Waals surface area contributed by atoms with Crippen molar-refractivity contribution in [2.45, 2.75) is 0 Å². The van der Waals surface area contributed by atoms with Crippen molar-refractivity contribution in [3.8, 4) is 61.6 Å². The highest BCUT2D eigenvalue weighted by molar-refractivity contribution is 9.10. The first kappa shape index (κ1) is 62.1. The molecule has 0 bridgehead atoms. The summed E-state index contributed by atoms with van der Waals surface area (Å²) in [5.41, 5.74) is 29.7. The lowest BCUT2D eigenvalue weighted by atomic mass is 10.0. The van der Waals surface area contributed by atoms with E-state index in [-0.39, 0.29) is 0 Å². The summed E-state index contributed by atoms with van der Waals surface area (Å²) in [6.07, 6.45) is 0. The van der Waals surface area contributed by atoms with E-state index in [1.165, 1.54) is 60.0 Å². The second kappa shape index (κ2) is 25.0. The maximum absolute atomic E-state index is 6.37. The number of nitrogens with zero attached hydrogens (tertiary/aromatic N) is 7. The Labute approximate surface area is 631 Å². The molecule has 1 N–H and O–H groups in total. The highest BCUT2D eigenvalue weighted by atomic mass is 79.9. The molecule has 0 amide bonds. The van der Waals surface area contributed by atoms with Gasteiger partial charge in [0, 0.05) is 86.8 Å². The number of furan rings is 2. The smallest absolute Gasteiger partial charge is 0.220 e. The fourth-order valence-corrected chi connectivity index (χ4v) is 16.9. The van der Waals surface area contributed by atoms with E-state index >= 15 is 0 Å². The first-order valence-electron chi connectivity index (χ1n) is 36.6. The minimum absolute atomic E-state index is 0.911. The number of halogens is 1. The Balaban J connectivity index is 0.000000113. The molecule has 0 saturated carbocycles. The van der Waals surface area contributed by atoms with Crippen LogP contribution in [0.15, 0.2) is 377 Å². The quantitative estimate of drug-likeness (QED) is 0.172. The second-order valence-electron chi connectivity index (χ2n) is 27.9. The lowest BCUT2D eigenvalue weighted by Gasteiger charge is -2.10. The number of para-hydroxylation sites is 12. The molecule has 0 aliphatic carbocycles. The molecule has 24 rings (SSSR count). The fourth-order valence-electron chi connectivity index (χ4n) is 16.7. The summed E-state index contributed by atoms with van der Waals surface area (Å²) < 4.78 is 24.9. The molecular formula is C98H61BrN8O2. The predicted octanol–water partition coefficient (Wildman–Crippen LogP) is 26.5. The molecule has 512 valence electrons. The predicted molar refractivity (Wildman–Crippen MR) is 453 cm³/mol. The van der Waals surface area contributed by atoms with Crippen LogP contribution in [0.25, 0.3) is 205 Å². The molecule has 109 heavy (non-hydrogen) atoms. The lowest BCUT2D eigenvalue weighted by Crippen LogP contribution is -1.94. The monoisotopic (exact) mass is 1460 g/mol. The Morgan fingerprint density at radius 1 is 0.248 bits per heavy atom. The number of aromatic nitrogens is 8. The van der Waals surface area contributed by atoms with E-state index in [2.05, 4.69) is 371 Å². The van der Waals surface area contributed by atoms with Crippen molar-refractivity contribution in [1.29, 1.82) is 0 Å². The Morgan fingerprint density at radius 3 is 1.18 bits per heavy atom. The molecule has 0 unspecified atom stereocenters. The first-order chi connectivity index (χ1) is 54.0. The van der Waals surface area contributed by atoms with Crippen molar-refractivity contribution < 1.29 is 8.83 Å². The second-order valence-corrected chi connectivity index (χ2v) is 28.8. The van der Waals surface area contributed by atoms with E-state index < -0.39 is 0 Å². The van der Waals surface area contributed by atoms with Gasteiger partial charge >= 0.3 is 0 Å². The van der Waals surface area contributed by atoms with Gasteiger partial charge in [-0.1, -0.05) is 234 Å². The van der Waals surface area contributed by atoms with E-state index in [4.69, 9.17) is 18.8 Å². The van der Waals surface area contributed by atoms with Crippen LogP contribution in [0.5, 0.6) is 0 Å². The van der Waals surface area contributed by atoms with Gasteiger partial charge in [-0.3, -0.25) is 17.9 Å². The van der Waals surface area contributed by atoms with Crippen LogP contribution >= 0.6 is 15.9 Å². The molecule has 24 aromatic rings. The Bertz CT molecular complexity index is 7740. The van der Waals surface area contributed by atoms with Gasteiger partial charge in [0.2, 0.25) is 11.6 Å². The number of hydrogen-bond donors (Lipinski definition) is 1. The van der Waals surface area contributed by atoms with Gasteiger partial charge in [0.05, 0.1) is 55.2 Å². The van der Waals surface area contributed by atoms with Gasteiger partial charge in [0.1, 0.15) is 22.3 Å². The van der Waals surface area contributed by atoms with Crippen molar-refractivity contribution in [2.75, 3.05) is 0 Å². The molecule has 8 heterocycles. The van der Waals surface area contributed by atoms with Crippen molar-refractivity contribution in [2.24, 2.45) is 0 Å². The molecule has 0 radical (unpaired) electrons. The van der Waals surface area contributed by atoms with Gasteiger partial charge in [-0.25, -0.2) is 9.97 Å². The number of nitrogens with one attached hydrogen (secondary N) is 1. The Morgan fingerprint density at radius 2 is 0.633 bits per heavy atom. The van der Waals surface area contributed by atoms with Gasteiger partial charge < -0.3 is 18.4 Å². The molecule has 11 heteroatoms. The highest BCUT2D eigenvalue weighted by Crippen LogP contribution is 2.42. The van der Waals surface area contributed by atoms with E-state index in [1.54, 1.807) is 0 Å². The molecular weight excluding hydrogens is 1400 g/mol. The summed E-state index contributed by atoms with van der Waals surface area (Å²) in [6.45, 7) is 0. The number of hydrogen-bond acceptors (Lipinski definition) is 4. The minimum atomic E-state index is 0.911. The fraction of sp³-hybridized carbons (Fsp3) is 0. The third-order valence-corrected chi connectivity index (χ3v) is 22.2. The van der Waals surface area contributed by atoms with Gasteiger partial charge in [0.25, 0.3) is 0 Å². The van der Waals surface area contributed by atoms with Crippen LogP contribution in [0.4, 0.5) is 0 Å². The molecule has 0 aliphatic heterocycles. The first-order valence-corrected chi connectivity index (χ1v) is 37.4. The number of benzene rings is 16. The molecule has 10 nitrogen and oxygen atoms in total. The zero-order chi connectivity index (χ0) is 71.8. The van der Waals surface area contributed by atoms with Gasteiger partial charge in [-0.05, 0) is 179 Å². The van der Waals surface area contributed by atoms with Gasteiger partial charge in [-0.2, -0.15) is 0 Å². The average molecular weight is 1460 g/mol. The topological polar surface area (TPSA) is 91.5 Å². The number of aromatic amines is 1. The lowest BCUT2D eigenvalue weighted by molar-refractivity contribution is 0.669. The van der Waals surface area contributed by atoms with E-state index in [9.17, 15) is 0 Å². The molecule has 16 aromatic carbocycles. The van der Waals surface area contributed by atoms with E-state index in [1.807, 2.05) is 36.4 Å². The average Bonchev–Trinajstić information content (AvgIpc) is 1.57. The van der Waals surface area contributed by atoms with Crippen molar-refractivity contribution >= 4 is 159 Å². The molecule has 0 spiro atoms. The third kappa shape index (κ3) is 10.1. The van der Waals surface area contributed by atoms with Crippen molar-refractivity contribution in [3.05, 3.63) is 368 Å². The molecule has 0 saturated heterocycles. The summed E-state index contributed by atoms with van der Waals surface area (Å²) in [5.74, 6) is 1.84. The van der Waals surface area contributed by atoms with Crippen molar-refractivity contribution in [1.82, 2.24) is 37.5 Å². The SMILES string of the molecule is Brc1ccc(-c2cccc3c2oc2ccccc23)cc1.c1ccc(-n2c3ccccc3n3c4ccc(-c5ccc6[nH]c7ccccc7c6c5)cc4nc23)cc1.c1ccc(-n2c3ccccc3n3c4ccc(-c5ccc6c(c5)c5ccccc5n6-c5ccc(-c6cccc7c6oc6ccccc67)cc5)cc4nc23)cc1. The maximum Gasteiger partial charge on any atom is 0.220 e. The zero-order valence-corrected chi connectivity index (χ0v) is 60.1. The van der Waals surface area contributed by atoms with Crippen LogP contribution in [-0.2, 0) is 0 Å². The molecule has 8 aromatic heterocycles. The van der Waals surface area contributed by atoms with Gasteiger partial charge in [0.15, 0.2) is 0 Å². The zero-order valence-electron chi connectivity index (χ0n) is 58.5. The number of fused-ring (bicyclic) bond motifs is 22. The Kier molecular flexibility index (Phi) is 14.2. The number of rotatable bonds is 7. The summed E-state index contributed by atoms with van der Waals surface area (Å²) in [6, 6.07) is 128. The van der Waals surface area contributed by atoms with E-state index in [0.29, 0.717) is 0 Å². The van der Waals surface area contributed by atoms with Crippen LogP contribution in [0.1, 0.15) is 0 Å². The third-order valence-electron chi connectivity index (χ3n) is 21.7. The van der Waals surface area contributed by atoms with Crippen LogP contribution in [0.3, 0.4) is 0 Å². The summed E-state index contributed by atoms with van der Waals surface area (Å²) >= 11 is 3.47.